The molecule has 3 heterocycles. The zero-order chi connectivity index (χ0) is 21.3. The number of piperidine rings is 1. The van der Waals surface area contributed by atoms with E-state index in [9.17, 15) is 9.90 Å². The van der Waals surface area contributed by atoms with Gasteiger partial charge in [0.15, 0.2) is 0 Å². The van der Waals surface area contributed by atoms with Crippen molar-refractivity contribution in [3.63, 3.8) is 0 Å². The number of aromatic amines is 1. The third-order valence-electron chi connectivity index (χ3n) is 7.95. The van der Waals surface area contributed by atoms with E-state index >= 15 is 0 Å². The standard InChI is InChI=1S/C25H33N3O3/c29-23(13-18-5-11-31-12-6-18)28-9-7-25(8-10-28)15-20(24(25)30)14-19-3-1-2-4-21(19)22-16-26-17-27-22/h1-4,16-18,20,24,30H,5-15H2,(H,26,27)/t20-,24-/m1/s1. The van der Waals surface area contributed by atoms with Crippen LogP contribution < -0.4 is 0 Å². The van der Waals surface area contributed by atoms with Crippen LogP contribution in [0.25, 0.3) is 11.3 Å². The molecule has 3 aliphatic rings. The molecule has 1 aromatic heterocycles. The van der Waals surface area contributed by atoms with Crippen molar-refractivity contribution in [2.75, 3.05) is 26.3 Å². The van der Waals surface area contributed by atoms with E-state index in [1.165, 1.54) is 11.1 Å². The number of aliphatic hydroxyl groups excluding tert-OH is 1. The van der Waals surface area contributed by atoms with Crippen LogP contribution in [0, 0.1) is 17.3 Å². The van der Waals surface area contributed by atoms with E-state index < -0.39 is 0 Å². The Morgan fingerprint density at radius 1 is 1.23 bits per heavy atom. The average molecular weight is 424 g/mol. The fourth-order valence-corrected chi connectivity index (χ4v) is 5.95. The molecule has 0 unspecified atom stereocenters. The van der Waals surface area contributed by atoms with Crippen LogP contribution in [0.1, 0.15) is 44.1 Å². The van der Waals surface area contributed by atoms with Crippen LogP contribution in [0.5, 0.6) is 0 Å². The summed E-state index contributed by atoms with van der Waals surface area (Å²) in [5, 5.41) is 11.1. The van der Waals surface area contributed by atoms with Crippen LogP contribution in [0.15, 0.2) is 36.8 Å². The molecule has 166 valence electrons. The van der Waals surface area contributed by atoms with Crippen molar-refractivity contribution in [1.29, 1.82) is 0 Å². The van der Waals surface area contributed by atoms with Gasteiger partial charge in [-0.25, -0.2) is 4.98 Å². The number of imidazole rings is 1. The summed E-state index contributed by atoms with van der Waals surface area (Å²) >= 11 is 0. The summed E-state index contributed by atoms with van der Waals surface area (Å²) in [5.41, 5.74) is 3.45. The van der Waals surface area contributed by atoms with E-state index in [1.807, 2.05) is 17.2 Å². The predicted octanol–water partition coefficient (Wildman–Crippen LogP) is 3.43. The molecular weight excluding hydrogens is 390 g/mol. The minimum Gasteiger partial charge on any atom is -0.392 e. The largest absolute Gasteiger partial charge is 0.392 e. The first kappa shape index (κ1) is 20.7. The highest BCUT2D eigenvalue weighted by Crippen LogP contribution is 2.54. The number of ether oxygens (including phenoxy) is 1. The highest BCUT2D eigenvalue weighted by molar-refractivity contribution is 5.76. The van der Waals surface area contributed by atoms with E-state index in [-0.39, 0.29) is 17.4 Å². The highest BCUT2D eigenvalue weighted by Gasteiger charge is 2.54. The maximum absolute atomic E-state index is 12.7. The normalized spacial score (nSPS) is 26.0. The Kier molecular flexibility index (Phi) is 5.85. The van der Waals surface area contributed by atoms with Crippen LogP contribution >= 0.6 is 0 Å². The number of likely N-dealkylation sites (tertiary alicyclic amines) is 1. The molecule has 1 aromatic carbocycles. The summed E-state index contributed by atoms with van der Waals surface area (Å²) < 4.78 is 5.41. The number of aromatic nitrogens is 2. The Hall–Kier alpha value is -2.18. The quantitative estimate of drug-likeness (QED) is 0.772. The summed E-state index contributed by atoms with van der Waals surface area (Å²) in [6.07, 6.45) is 9.72. The van der Waals surface area contributed by atoms with E-state index in [4.69, 9.17) is 4.74 Å². The lowest BCUT2D eigenvalue weighted by Gasteiger charge is -2.56. The Balaban J connectivity index is 1.15. The monoisotopic (exact) mass is 423 g/mol. The number of H-pyrrole nitrogens is 1. The van der Waals surface area contributed by atoms with Gasteiger partial charge in [0, 0.05) is 43.7 Å². The number of hydrogen-bond donors (Lipinski definition) is 2. The topological polar surface area (TPSA) is 78.5 Å². The van der Waals surface area contributed by atoms with Crippen LogP contribution in [0.3, 0.4) is 0 Å². The molecule has 2 aliphatic heterocycles. The van der Waals surface area contributed by atoms with Gasteiger partial charge in [-0.15, -0.1) is 0 Å². The van der Waals surface area contributed by atoms with Crippen LogP contribution in [0.4, 0.5) is 0 Å². The minimum absolute atomic E-state index is 0.00303. The Morgan fingerprint density at radius 3 is 2.71 bits per heavy atom. The number of benzene rings is 1. The lowest BCUT2D eigenvalue weighted by atomic mass is 9.54. The zero-order valence-electron chi connectivity index (χ0n) is 18.1. The third-order valence-corrected chi connectivity index (χ3v) is 7.95. The van der Waals surface area contributed by atoms with Crippen molar-refractivity contribution >= 4 is 5.91 Å². The summed E-state index contributed by atoms with van der Waals surface area (Å²) in [5.74, 6) is 1.06. The lowest BCUT2D eigenvalue weighted by molar-refractivity contribution is -0.158. The van der Waals surface area contributed by atoms with Crippen LogP contribution in [-0.2, 0) is 16.0 Å². The molecule has 0 bridgehead atoms. The summed E-state index contributed by atoms with van der Waals surface area (Å²) in [6, 6.07) is 8.39. The molecule has 5 rings (SSSR count). The number of rotatable bonds is 5. The minimum atomic E-state index is -0.282. The summed E-state index contributed by atoms with van der Waals surface area (Å²) in [6.45, 7) is 3.16. The molecule has 1 amide bonds. The van der Waals surface area contributed by atoms with E-state index in [2.05, 4.69) is 28.2 Å². The van der Waals surface area contributed by atoms with Crippen LogP contribution in [0.2, 0.25) is 0 Å². The summed E-state index contributed by atoms with van der Waals surface area (Å²) in [4.78, 5) is 22.1. The number of amides is 1. The van der Waals surface area contributed by atoms with Crippen molar-refractivity contribution in [1.82, 2.24) is 14.9 Å². The summed E-state index contributed by atoms with van der Waals surface area (Å²) in [7, 11) is 0. The number of carbonyl (C=O) groups excluding carboxylic acids is 1. The lowest BCUT2D eigenvalue weighted by Crippen LogP contribution is -2.58. The SMILES string of the molecule is O=C(CC1CCOCC1)N1CCC2(CC1)C[C@@H](Cc1ccccc1-c1cnc[nH]1)[C@H]2O. The van der Waals surface area contributed by atoms with E-state index in [0.717, 1.165) is 70.5 Å². The number of aliphatic hydroxyl groups is 1. The van der Waals surface area contributed by atoms with Crippen molar-refractivity contribution in [3.8, 4) is 11.3 Å². The first-order valence-electron chi connectivity index (χ1n) is 11.7. The van der Waals surface area contributed by atoms with Gasteiger partial charge < -0.3 is 19.7 Å². The highest BCUT2D eigenvalue weighted by atomic mass is 16.5. The van der Waals surface area contributed by atoms with Crippen molar-refractivity contribution in [2.24, 2.45) is 17.3 Å². The Labute approximate surface area is 184 Å². The number of carbonyl (C=O) groups is 1. The second kappa shape index (κ2) is 8.75. The number of nitrogens with zero attached hydrogens (tertiary/aromatic N) is 2. The second-order valence-corrected chi connectivity index (χ2v) is 9.74. The Bertz CT molecular complexity index is 883. The smallest absolute Gasteiger partial charge is 0.222 e. The molecule has 31 heavy (non-hydrogen) atoms. The molecule has 1 saturated carbocycles. The van der Waals surface area contributed by atoms with Gasteiger partial charge >= 0.3 is 0 Å². The number of hydrogen-bond acceptors (Lipinski definition) is 4. The van der Waals surface area contributed by atoms with Crippen molar-refractivity contribution < 1.29 is 14.6 Å². The fourth-order valence-electron chi connectivity index (χ4n) is 5.95. The maximum Gasteiger partial charge on any atom is 0.222 e. The molecule has 6 nitrogen and oxygen atoms in total. The van der Waals surface area contributed by atoms with Crippen molar-refractivity contribution in [2.45, 2.75) is 51.0 Å². The Morgan fingerprint density at radius 2 is 2.00 bits per heavy atom. The molecule has 2 atom stereocenters. The van der Waals surface area contributed by atoms with Gasteiger partial charge in [-0.1, -0.05) is 24.3 Å². The maximum atomic E-state index is 12.7. The van der Waals surface area contributed by atoms with Gasteiger partial charge in [0.1, 0.15) is 0 Å². The predicted molar refractivity (Wildman–Crippen MR) is 118 cm³/mol. The molecule has 2 aromatic rings. The van der Waals surface area contributed by atoms with Gasteiger partial charge in [-0.05, 0) is 55.9 Å². The molecule has 3 fully saturated rings. The molecule has 2 saturated heterocycles. The molecule has 2 N–H and O–H groups in total. The molecule has 0 radical (unpaired) electrons. The van der Waals surface area contributed by atoms with Crippen molar-refractivity contribution in [3.05, 3.63) is 42.4 Å². The number of nitrogens with one attached hydrogen (secondary N) is 1. The molecule has 1 spiro atoms. The fraction of sp³-hybridized carbons (Fsp3) is 0.600. The van der Waals surface area contributed by atoms with Gasteiger partial charge in [-0.3, -0.25) is 4.79 Å². The van der Waals surface area contributed by atoms with Gasteiger partial charge in [0.05, 0.1) is 24.3 Å². The van der Waals surface area contributed by atoms with E-state index in [0.29, 0.717) is 18.2 Å². The first-order valence-corrected chi connectivity index (χ1v) is 11.7. The van der Waals surface area contributed by atoms with Gasteiger partial charge in [0.2, 0.25) is 5.91 Å². The third kappa shape index (κ3) is 4.15. The van der Waals surface area contributed by atoms with E-state index in [1.54, 1.807) is 6.33 Å². The molecular formula is C25H33N3O3. The zero-order valence-corrected chi connectivity index (χ0v) is 18.1. The van der Waals surface area contributed by atoms with Crippen LogP contribution in [-0.4, -0.2) is 58.3 Å². The average Bonchev–Trinajstić information content (AvgIpc) is 3.35. The first-order chi connectivity index (χ1) is 15.1. The van der Waals surface area contributed by atoms with Gasteiger partial charge in [0.25, 0.3) is 0 Å². The molecule has 1 aliphatic carbocycles. The second-order valence-electron chi connectivity index (χ2n) is 9.74. The molecule has 6 heteroatoms. The van der Waals surface area contributed by atoms with Gasteiger partial charge in [-0.2, -0.15) is 0 Å².